The summed E-state index contributed by atoms with van der Waals surface area (Å²) in [5, 5.41) is 4.55. The second-order valence-corrected chi connectivity index (χ2v) is 9.18. The Morgan fingerprint density at radius 3 is 2.31 bits per heavy atom. The zero-order chi connectivity index (χ0) is 21.0. The van der Waals surface area contributed by atoms with E-state index in [9.17, 15) is 8.42 Å². The highest BCUT2D eigenvalue weighted by molar-refractivity contribution is 7.89. The monoisotopic (exact) mass is 436 g/mol. The number of benzene rings is 2. The molecule has 5 nitrogen and oxygen atoms in total. The molecule has 7 heteroatoms. The Hall–Kier alpha value is -2.05. The smallest absolute Gasteiger partial charge is 0.247 e. The number of nitrogens with zero attached hydrogens (tertiary/aromatic N) is 1. The number of hydrogen-bond acceptors (Lipinski definition) is 4. The molecule has 0 atom stereocenters. The predicted molar refractivity (Wildman–Crippen MR) is 120 cm³/mol. The molecule has 0 heterocycles. The molecule has 0 aliphatic heterocycles. The molecule has 0 bridgehead atoms. The van der Waals surface area contributed by atoms with Crippen molar-refractivity contribution in [1.82, 2.24) is 4.83 Å². The summed E-state index contributed by atoms with van der Waals surface area (Å²) in [5.74, 6) is 0.828. The van der Waals surface area contributed by atoms with Crippen LogP contribution in [-0.2, 0) is 16.6 Å². The maximum Gasteiger partial charge on any atom is 0.247 e. The van der Waals surface area contributed by atoms with E-state index in [0.29, 0.717) is 18.1 Å². The summed E-state index contributed by atoms with van der Waals surface area (Å²) in [6.45, 7) is 2.61. The van der Waals surface area contributed by atoms with E-state index in [1.807, 2.05) is 48.5 Å². The molecule has 0 aliphatic rings. The third-order valence-electron chi connectivity index (χ3n) is 4.37. The normalized spacial score (nSPS) is 11.7. The summed E-state index contributed by atoms with van der Waals surface area (Å²) in [5.41, 5.74) is 1.81. The molecule has 0 radical (unpaired) electrons. The molecule has 158 valence electrons. The Morgan fingerprint density at radius 1 is 0.966 bits per heavy atom. The molecule has 29 heavy (non-hydrogen) atoms. The number of halogens is 1. The Morgan fingerprint density at radius 2 is 1.62 bits per heavy atom. The quantitative estimate of drug-likeness (QED) is 0.255. The van der Waals surface area contributed by atoms with Crippen molar-refractivity contribution < 1.29 is 13.2 Å². The molecule has 0 unspecified atom stereocenters. The van der Waals surface area contributed by atoms with Crippen molar-refractivity contribution in [3.05, 3.63) is 64.7 Å². The summed E-state index contributed by atoms with van der Waals surface area (Å²) in [6, 6.07) is 14.8. The average molecular weight is 437 g/mol. The zero-order valence-electron chi connectivity index (χ0n) is 16.8. The number of hydrogen-bond donors (Lipinski definition) is 1. The summed E-state index contributed by atoms with van der Waals surface area (Å²) >= 11 is 5.87. The molecule has 0 spiro atoms. The van der Waals surface area contributed by atoms with Crippen LogP contribution in [0.3, 0.4) is 0 Å². The van der Waals surface area contributed by atoms with Gasteiger partial charge in [-0.25, -0.2) is 13.2 Å². The SMILES string of the molecule is CCCCCCCCS(=O)(=O)NN=Cc1ccc(OCc2ccc(Cl)cc2)cc1. The Bertz CT molecular complexity index is 851. The number of sulfonamides is 1. The lowest BCUT2D eigenvalue weighted by Gasteiger charge is -2.06. The van der Waals surface area contributed by atoms with Gasteiger partial charge >= 0.3 is 0 Å². The van der Waals surface area contributed by atoms with Gasteiger partial charge in [-0.05, 0) is 53.9 Å². The fraction of sp³-hybridized carbons (Fsp3) is 0.409. The van der Waals surface area contributed by atoms with Gasteiger partial charge in [-0.3, -0.25) is 0 Å². The summed E-state index contributed by atoms with van der Waals surface area (Å²) < 4.78 is 29.6. The standard InChI is InChI=1S/C22H29ClN2O3S/c1-2-3-4-5-6-7-16-29(26,27)25-24-17-19-10-14-22(15-11-19)28-18-20-8-12-21(23)13-9-20/h8-15,17,25H,2-7,16,18H2,1H3. The molecule has 0 aromatic heterocycles. The molecule has 0 aliphatic carbocycles. The lowest BCUT2D eigenvalue weighted by atomic mass is 10.1. The highest BCUT2D eigenvalue weighted by Crippen LogP contribution is 2.15. The zero-order valence-corrected chi connectivity index (χ0v) is 18.4. The molecule has 0 fully saturated rings. The lowest BCUT2D eigenvalue weighted by Crippen LogP contribution is -2.21. The van der Waals surface area contributed by atoms with Crippen LogP contribution in [-0.4, -0.2) is 20.4 Å². The van der Waals surface area contributed by atoms with Crippen molar-refractivity contribution in [3.8, 4) is 5.75 Å². The first-order valence-corrected chi connectivity index (χ1v) is 12.0. The van der Waals surface area contributed by atoms with Gasteiger partial charge in [0.1, 0.15) is 12.4 Å². The molecule has 0 amide bonds. The molecule has 1 N–H and O–H groups in total. The fourth-order valence-electron chi connectivity index (χ4n) is 2.70. The van der Waals surface area contributed by atoms with E-state index in [2.05, 4.69) is 16.9 Å². The summed E-state index contributed by atoms with van der Waals surface area (Å²) in [4.78, 5) is 2.27. The Labute approximate surface area is 179 Å². The molecule has 2 aromatic carbocycles. The highest BCUT2D eigenvalue weighted by atomic mass is 35.5. The van der Waals surface area contributed by atoms with Gasteiger partial charge in [0.05, 0.1) is 12.0 Å². The maximum atomic E-state index is 12.0. The second kappa shape index (κ2) is 12.5. The predicted octanol–water partition coefficient (Wildman–Crippen LogP) is 5.53. The van der Waals surface area contributed by atoms with Crippen molar-refractivity contribution in [3.63, 3.8) is 0 Å². The molecule has 2 rings (SSSR count). The van der Waals surface area contributed by atoms with Gasteiger partial charge in [0.2, 0.25) is 10.0 Å². The largest absolute Gasteiger partial charge is 0.489 e. The van der Waals surface area contributed by atoms with Gasteiger partial charge in [-0.15, -0.1) is 0 Å². The minimum absolute atomic E-state index is 0.105. The van der Waals surface area contributed by atoms with Gasteiger partial charge in [0.25, 0.3) is 0 Å². The molecule has 0 saturated carbocycles. The van der Waals surface area contributed by atoms with Crippen LogP contribution in [0, 0.1) is 0 Å². The first-order chi connectivity index (χ1) is 14.0. The van der Waals surface area contributed by atoms with Gasteiger partial charge in [-0.2, -0.15) is 5.10 Å². The summed E-state index contributed by atoms with van der Waals surface area (Å²) in [6.07, 6.45) is 7.73. The summed E-state index contributed by atoms with van der Waals surface area (Å²) in [7, 11) is -3.38. The Balaban J connectivity index is 1.72. The van der Waals surface area contributed by atoms with Crippen LogP contribution in [0.5, 0.6) is 5.75 Å². The number of nitrogens with one attached hydrogen (secondary N) is 1. The first kappa shape index (κ1) is 23.2. The van der Waals surface area contributed by atoms with E-state index in [0.717, 1.165) is 29.7 Å². The van der Waals surface area contributed by atoms with E-state index in [-0.39, 0.29) is 5.75 Å². The van der Waals surface area contributed by atoms with Gasteiger partial charge in [0.15, 0.2) is 0 Å². The average Bonchev–Trinajstić information content (AvgIpc) is 2.71. The van der Waals surface area contributed by atoms with Crippen LogP contribution in [0.25, 0.3) is 0 Å². The number of ether oxygens (including phenoxy) is 1. The van der Waals surface area contributed by atoms with Gasteiger partial charge in [-0.1, -0.05) is 62.8 Å². The van der Waals surface area contributed by atoms with Gasteiger partial charge in [0, 0.05) is 5.02 Å². The lowest BCUT2D eigenvalue weighted by molar-refractivity contribution is 0.306. The topological polar surface area (TPSA) is 67.8 Å². The van der Waals surface area contributed by atoms with Crippen LogP contribution in [0.4, 0.5) is 0 Å². The fourth-order valence-corrected chi connectivity index (χ4v) is 3.71. The van der Waals surface area contributed by atoms with Crippen molar-refractivity contribution >= 4 is 27.8 Å². The van der Waals surface area contributed by atoms with Crippen LogP contribution in [0.2, 0.25) is 5.02 Å². The van der Waals surface area contributed by atoms with Crippen molar-refractivity contribution in [2.75, 3.05) is 5.75 Å². The molecular weight excluding hydrogens is 408 g/mol. The first-order valence-electron chi connectivity index (χ1n) is 9.98. The van der Waals surface area contributed by atoms with Crippen molar-refractivity contribution in [2.24, 2.45) is 5.10 Å². The van der Waals surface area contributed by atoms with E-state index < -0.39 is 10.0 Å². The van der Waals surface area contributed by atoms with Crippen LogP contribution >= 0.6 is 11.6 Å². The van der Waals surface area contributed by atoms with E-state index in [1.54, 1.807) is 0 Å². The Kier molecular flexibility index (Phi) is 10.0. The number of rotatable bonds is 13. The maximum absolute atomic E-state index is 12.0. The number of hydrazone groups is 1. The minimum Gasteiger partial charge on any atom is -0.489 e. The van der Waals surface area contributed by atoms with Crippen LogP contribution in [0.15, 0.2) is 53.6 Å². The third kappa shape index (κ3) is 9.81. The van der Waals surface area contributed by atoms with E-state index in [1.165, 1.54) is 25.5 Å². The molecule has 2 aromatic rings. The van der Waals surface area contributed by atoms with Crippen LogP contribution < -0.4 is 9.57 Å². The van der Waals surface area contributed by atoms with Crippen molar-refractivity contribution in [2.45, 2.75) is 52.1 Å². The van der Waals surface area contributed by atoms with Gasteiger partial charge < -0.3 is 4.74 Å². The van der Waals surface area contributed by atoms with E-state index in [4.69, 9.17) is 16.3 Å². The minimum atomic E-state index is -3.38. The van der Waals surface area contributed by atoms with Crippen molar-refractivity contribution in [1.29, 1.82) is 0 Å². The number of unbranched alkanes of at least 4 members (excludes halogenated alkanes) is 5. The highest BCUT2D eigenvalue weighted by Gasteiger charge is 2.07. The third-order valence-corrected chi connectivity index (χ3v) is 5.83. The molecule has 0 saturated heterocycles. The van der Waals surface area contributed by atoms with E-state index >= 15 is 0 Å². The second-order valence-electron chi connectivity index (χ2n) is 6.92. The van der Waals surface area contributed by atoms with Crippen LogP contribution in [0.1, 0.15) is 56.6 Å². The molecular formula is C22H29ClN2O3S.